The van der Waals surface area contributed by atoms with Gasteiger partial charge >= 0.3 is 0 Å². The summed E-state index contributed by atoms with van der Waals surface area (Å²) in [6, 6.07) is 14.3. The molecule has 0 amide bonds. The largest absolute Gasteiger partial charge is 0.361 e. The number of hydrogen-bond acceptors (Lipinski definition) is 4. The van der Waals surface area contributed by atoms with Crippen molar-refractivity contribution in [1.29, 1.82) is 0 Å². The molecule has 0 radical (unpaired) electrons. The molecule has 3 fully saturated rings. The van der Waals surface area contributed by atoms with Gasteiger partial charge in [-0.05, 0) is 99.7 Å². The fourth-order valence-corrected chi connectivity index (χ4v) is 5.95. The van der Waals surface area contributed by atoms with Crippen LogP contribution in [0.2, 0.25) is 0 Å². The second-order valence-electron chi connectivity index (χ2n) is 10.1. The molecule has 4 aliphatic rings. The van der Waals surface area contributed by atoms with E-state index in [4.69, 9.17) is 4.74 Å². The molecule has 0 spiro atoms. The van der Waals surface area contributed by atoms with E-state index in [0.717, 1.165) is 37.4 Å². The van der Waals surface area contributed by atoms with Crippen LogP contribution in [0.3, 0.4) is 0 Å². The highest BCUT2D eigenvalue weighted by Crippen LogP contribution is 2.45. The summed E-state index contributed by atoms with van der Waals surface area (Å²) in [6.45, 7) is 6.27. The van der Waals surface area contributed by atoms with Gasteiger partial charge in [0.1, 0.15) is 11.4 Å². The number of hydrogen-bond donors (Lipinski definition) is 1. The molecule has 3 saturated heterocycles. The molecule has 2 aromatic rings. The van der Waals surface area contributed by atoms with Crippen LogP contribution in [0, 0.1) is 11.7 Å². The van der Waals surface area contributed by atoms with E-state index in [1.165, 1.54) is 49.2 Å². The Labute approximate surface area is 191 Å². The Balaban J connectivity index is 1.34. The zero-order valence-electron chi connectivity index (χ0n) is 19.4. The SMILES string of the molecule is CN(C)CCCC1(c2ccc(F)cc2)OCc2cc(CNC3CN4CCC3CC4)ccc21. The third-order valence-electron chi connectivity index (χ3n) is 7.75. The molecule has 2 unspecified atom stereocenters. The maximum Gasteiger partial charge on any atom is 0.123 e. The van der Waals surface area contributed by atoms with Crippen LogP contribution in [-0.4, -0.2) is 56.1 Å². The van der Waals surface area contributed by atoms with E-state index in [2.05, 4.69) is 47.4 Å². The van der Waals surface area contributed by atoms with Gasteiger partial charge < -0.3 is 19.9 Å². The van der Waals surface area contributed by atoms with Crippen LogP contribution in [0.5, 0.6) is 0 Å². The van der Waals surface area contributed by atoms with Crippen molar-refractivity contribution >= 4 is 0 Å². The van der Waals surface area contributed by atoms with Crippen molar-refractivity contribution in [3.8, 4) is 0 Å². The lowest BCUT2D eigenvalue weighted by Crippen LogP contribution is -2.55. The van der Waals surface area contributed by atoms with Gasteiger partial charge in [-0.15, -0.1) is 0 Å². The highest BCUT2D eigenvalue weighted by molar-refractivity contribution is 5.45. The number of benzene rings is 2. The maximum absolute atomic E-state index is 13.6. The number of halogens is 1. The summed E-state index contributed by atoms with van der Waals surface area (Å²) in [4.78, 5) is 4.80. The van der Waals surface area contributed by atoms with Gasteiger partial charge in [0.15, 0.2) is 0 Å². The third-order valence-corrected chi connectivity index (χ3v) is 7.75. The summed E-state index contributed by atoms with van der Waals surface area (Å²) in [5.74, 6) is 0.630. The molecular weight excluding hydrogens is 401 g/mol. The predicted octanol–water partition coefficient (Wildman–Crippen LogP) is 4.13. The fraction of sp³-hybridized carbons (Fsp3) is 0.556. The molecule has 4 nitrogen and oxygen atoms in total. The van der Waals surface area contributed by atoms with E-state index < -0.39 is 5.60 Å². The Bertz CT molecular complexity index is 923. The third kappa shape index (κ3) is 4.36. The van der Waals surface area contributed by atoms with Crippen LogP contribution in [0.4, 0.5) is 4.39 Å². The summed E-state index contributed by atoms with van der Waals surface area (Å²) in [6.07, 6.45) is 4.58. The molecule has 2 aromatic carbocycles. The van der Waals surface area contributed by atoms with Gasteiger partial charge in [-0.25, -0.2) is 4.39 Å². The van der Waals surface area contributed by atoms with Gasteiger partial charge in [0.2, 0.25) is 0 Å². The van der Waals surface area contributed by atoms with E-state index in [0.29, 0.717) is 12.6 Å². The molecule has 0 saturated carbocycles. The van der Waals surface area contributed by atoms with Crippen molar-refractivity contribution in [2.45, 2.75) is 50.5 Å². The van der Waals surface area contributed by atoms with Crippen LogP contribution in [0.1, 0.15) is 47.9 Å². The van der Waals surface area contributed by atoms with Crippen molar-refractivity contribution in [1.82, 2.24) is 15.1 Å². The quantitative estimate of drug-likeness (QED) is 0.672. The molecule has 4 aliphatic heterocycles. The zero-order valence-corrected chi connectivity index (χ0v) is 19.4. The normalized spacial score (nSPS) is 28.9. The minimum atomic E-state index is -0.485. The van der Waals surface area contributed by atoms with E-state index in [9.17, 15) is 4.39 Å². The van der Waals surface area contributed by atoms with Crippen molar-refractivity contribution in [2.24, 2.45) is 5.92 Å². The minimum Gasteiger partial charge on any atom is -0.361 e. The summed E-state index contributed by atoms with van der Waals surface area (Å²) in [5.41, 5.74) is 4.41. The van der Waals surface area contributed by atoms with Crippen LogP contribution in [0.25, 0.3) is 0 Å². The van der Waals surface area contributed by atoms with Crippen molar-refractivity contribution < 1.29 is 9.13 Å². The molecule has 32 heavy (non-hydrogen) atoms. The Kier molecular flexibility index (Phi) is 6.35. The van der Waals surface area contributed by atoms with Crippen molar-refractivity contribution in [3.05, 3.63) is 70.5 Å². The standard InChI is InChI=1S/C27H36FN3O/c1-30(2)13-3-12-27(23-5-7-24(28)8-6-23)25-9-4-20(16-22(25)19-32-27)17-29-26-18-31-14-10-21(26)11-15-31/h4-9,16,21,26,29H,3,10-15,17-19H2,1-2H3. The van der Waals surface area contributed by atoms with E-state index in [-0.39, 0.29) is 5.82 Å². The van der Waals surface area contributed by atoms with E-state index in [1.807, 2.05) is 12.1 Å². The first-order chi connectivity index (χ1) is 15.5. The van der Waals surface area contributed by atoms with Crippen molar-refractivity contribution in [2.75, 3.05) is 40.3 Å². The minimum absolute atomic E-state index is 0.204. The predicted molar refractivity (Wildman–Crippen MR) is 126 cm³/mol. The first-order valence-electron chi connectivity index (χ1n) is 12.2. The number of ether oxygens (including phenoxy) is 1. The summed E-state index contributed by atoms with van der Waals surface area (Å²) >= 11 is 0. The Morgan fingerprint density at radius 3 is 2.59 bits per heavy atom. The van der Waals surface area contributed by atoms with Crippen LogP contribution < -0.4 is 5.32 Å². The Morgan fingerprint density at radius 2 is 1.91 bits per heavy atom. The van der Waals surface area contributed by atoms with Gasteiger partial charge in [0.25, 0.3) is 0 Å². The lowest BCUT2D eigenvalue weighted by Gasteiger charge is -2.45. The van der Waals surface area contributed by atoms with Gasteiger partial charge in [-0.1, -0.05) is 30.3 Å². The first-order valence-corrected chi connectivity index (χ1v) is 12.2. The number of rotatable bonds is 8. The number of nitrogens with zero attached hydrogens (tertiary/aromatic N) is 2. The summed E-state index contributed by atoms with van der Waals surface area (Å²) < 4.78 is 20.2. The van der Waals surface area contributed by atoms with E-state index >= 15 is 0 Å². The molecule has 6 rings (SSSR count). The van der Waals surface area contributed by atoms with Gasteiger partial charge in [-0.2, -0.15) is 0 Å². The molecule has 5 heteroatoms. The number of nitrogens with one attached hydrogen (secondary N) is 1. The maximum atomic E-state index is 13.6. The van der Waals surface area contributed by atoms with Gasteiger partial charge in [0.05, 0.1) is 6.61 Å². The first kappa shape index (κ1) is 22.0. The highest BCUT2D eigenvalue weighted by atomic mass is 19.1. The molecule has 0 aromatic heterocycles. The molecule has 0 aliphatic carbocycles. The Morgan fingerprint density at radius 1 is 1.12 bits per heavy atom. The second-order valence-corrected chi connectivity index (χ2v) is 10.1. The average molecular weight is 438 g/mol. The molecule has 2 atom stereocenters. The molecule has 4 heterocycles. The monoisotopic (exact) mass is 437 g/mol. The van der Waals surface area contributed by atoms with Crippen molar-refractivity contribution in [3.63, 3.8) is 0 Å². The number of fused-ring (bicyclic) bond motifs is 4. The molecular formula is C27H36FN3O. The molecule has 1 N–H and O–H groups in total. The molecule has 172 valence electrons. The second kappa shape index (κ2) is 9.22. The topological polar surface area (TPSA) is 27.7 Å². The highest BCUT2D eigenvalue weighted by Gasteiger charge is 2.41. The fourth-order valence-electron chi connectivity index (χ4n) is 5.95. The van der Waals surface area contributed by atoms with Crippen LogP contribution in [-0.2, 0) is 23.5 Å². The number of piperidine rings is 3. The Hall–Kier alpha value is -1.79. The van der Waals surface area contributed by atoms with Gasteiger partial charge in [-0.3, -0.25) is 0 Å². The summed E-state index contributed by atoms with van der Waals surface area (Å²) in [5, 5.41) is 3.84. The lowest BCUT2D eigenvalue weighted by atomic mass is 9.81. The van der Waals surface area contributed by atoms with Crippen LogP contribution >= 0.6 is 0 Å². The average Bonchev–Trinajstić information content (AvgIpc) is 3.17. The van der Waals surface area contributed by atoms with E-state index in [1.54, 1.807) is 12.1 Å². The van der Waals surface area contributed by atoms with Crippen LogP contribution in [0.15, 0.2) is 42.5 Å². The summed E-state index contributed by atoms with van der Waals surface area (Å²) in [7, 11) is 4.20. The smallest absolute Gasteiger partial charge is 0.123 e. The van der Waals surface area contributed by atoms with Gasteiger partial charge in [0, 0.05) is 19.1 Å². The zero-order chi connectivity index (χ0) is 22.1. The molecule has 2 bridgehead atoms. The lowest BCUT2D eigenvalue weighted by molar-refractivity contribution is -0.0140.